The number of rotatable bonds is 7. The molecular weight excluding hydrogens is 406 g/mol. The SMILES string of the molecule is CNS(=O)(=O)c1cc(C(=O)NCc2cccnc2N2CCN(C)CC2)ccc1OC. The second-order valence-corrected chi connectivity index (χ2v) is 8.89. The topological polar surface area (TPSA) is 104 Å². The lowest BCUT2D eigenvalue weighted by atomic mass is 10.2. The lowest BCUT2D eigenvalue weighted by molar-refractivity contribution is 0.0950. The van der Waals surface area contributed by atoms with Gasteiger partial charge in [0.1, 0.15) is 16.5 Å². The summed E-state index contributed by atoms with van der Waals surface area (Å²) < 4.78 is 31.8. The molecule has 9 nitrogen and oxygen atoms in total. The quantitative estimate of drug-likeness (QED) is 0.662. The van der Waals surface area contributed by atoms with Gasteiger partial charge in [0.15, 0.2) is 0 Å². The minimum absolute atomic E-state index is 0.0837. The number of likely N-dealkylation sites (N-methyl/N-ethyl adjacent to an activating group) is 1. The van der Waals surface area contributed by atoms with Gasteiger partial charge in [-0.2, -0.15) is 0 Å². The molecule has 2 N–H and O–H groups in total. The van der Waals surface area contributed by atoms with Crippen LogP contribution in [0.1, 0.15) is 15.9 Å². The molecule has 162 valence electrons. The third-order valence-electron chi connectivity index (χ3n) is 5.09. The summed E-state index contributed by atoms with van der Waals surface area (Å²) in [6, 6.07) is 8.09. The Morgan fingerprint density at radius 2 is 1.93 bits per heavy atom. The van der Waals surface area contributed by atoms with E-state index in [1.807, 2.05) is 12.1 Å². The number of nitrogens with one attached hydrogen (secondary N) is 2. The van der Waals surface area contributed by atoms with Crippen molar-refractivity contribution in [2.45, 2.75) is 11.4 Å². The normalized spacial score (nSPS) is 15.1. The van der Waals surface area contributed by atoms with E-state index >= 15 is 0 Å². The molecule has 3 rings (SSSR count). The first-order valence-electron chi connectivity index (χ1n) is 9.63. The smallest absolute Gasteiger partial charge is 0.251 e. The molecule has 2 aromatic rings. The molecule has 10 heteroatoms. The van der Waals surface area contributed by atoms with Crippen LogP contribution in [-0.2, 0) is 16.6 Å². The summed E-state index contributed by atoms with van der Waals surface area (Å²) in [5.41, 5.74) is 1.14. The third kappa shape index (κ3) is 4.89. The lowest BCUT2D eigenvalue weighted by Crippen LogP contribution is -2.45. The van der Waals surface area contributed by atoms with Crippen molar-refractivity contribution >= 4 is 21.7 Å². The van der Waals surface area contributed by atoms with Crippen molar-refractivity contribution in [1.29, 1.82) is 0 Å². The highest BCUT2D eigenvalue weighted by Crippen LogP contribution is 2.25. The van der Waals surface area contributed by atoms with E-state index in [1.54, 1.807) is 6.20 Å². The Balaban J connectivity index is 1.76. The second kappa shape index (κ2) is 9.41. The third-order valence-corrected chi connectivity index (χ3v) is 6.53. The van der Waals surface area contributed by atoms with Crippen molar-refractivity contribution in [1.82, 2.24) is 19.9 Å². The molecule has 1 aliphatic heterocycles. The van der Waals surface area contributed by atoms with Crippen LogP contribution in [0.3, 0.4) is 0 Å². The molecular formula is C20H27N5O4S. The van der Waals surface area contributed by atoms with Crippen LogP contribution in [0.25, 0.3) is 0 Å². The number of nitrogens with zero attached hydrogens (tertiary/aromatic N) is 3. The van der Waals surface area contributed by atoms with Crippen molar-refractivity contribution in [3.63, 3.8) is 0 Å². The number of hydrogen-bond acceptors (Lipinski definition) is 7. The highest BCUT2D eigenvalue weighted by atomic mass is 32.2. The van der Waals surface area contributed by atoms with Crippen LogP contribution in [0.4, 0.5) is 5.82 Å². The summed E-state index contributed by atoms with van der Waals surface area (Å²) in [4.78, 5) is 21.6. The second-order valence-electron chi connectivity index (χ2n) is 7.03. The number of benzene rings is 1. The summed E-state index contributed by atoms with van der Waals surface area (Å²) in [5.74, 6) is 0.656. The Bertz CT molecular complexity index is 1000. The van der Waals surface area contributed by atoms with E-state index in [2.05, 4.69) is 31.9 Å². The van der Waals surface area contributed by atoms with Gasteiger partial charge in [0.05, 0.1) is 7.11 Å². The van der Waals surface area contributed by atoms with Crippen LogP contribution < -0.4 is 19.7 Å². The number of amides is 1. The van der Waals surface area contributed by atoms with Gasteiger partial charge in [-0.05, 0) is 38.4 Å². The molecule has 0 bridgehead atoms. The maximum Gasteiger partial charge on any atom is 0.251 e. The van der Waals surface area contributed by atoms with E-state index in [0.29, 0.717) is 0 Å². The summed E-state index contributed by atoms with van der Waals surface area (Å²) in [7, 11) is 1.02. The van der Waals surface area contributed by atoms with Crippen molar-refractivity contribution in [3.8, 4) is 5.75 Å². The molecule has 30 heavy (non-hydrogen) atoms. The predicted molar refractivity (Wildman–Crippen MR) is 114 cm³/mol. The van der Waals surface area contributed by atoms with Crippen LogP contribution in [0.15, 0.2) is 41.4 Å². The number of ether oxygens (including phenoxy) is 1. The fourth-order valence-electron chi connectivity index (χ4n) is 3.29. The van der Waals surface area contributed by atoms with Crippen molar-refractivity contribution in [2.24, 2.45) is 0 Å². The number of methoxy groups -OCH3 is 1. The van der Waals surface area contributed by atoms with Crippen LogP contribution in [-0.4, -0.2) is 71.6 Å². The Kier molecular flexibility index (Phi) is 6.91. The first-order valence-corrected chi connectivity index (χ1v) is 11.1. The van der Waals surface area contributed by atoms with Gasteiger partial charge in [-0.25, -0.2) is 18.1 Å². The number of carbonyl (C=O) groups is 1. The molecule has 0 spiro atoms. The zero-order valence-electron chi connectivity index (χ0n) is 17.4. The maximum absolute atomic E-state index is 12.7. The Labute approximate surface area is 177 Å². The van der Waals surface area contributed by atoms with Gasteiger partial charge in [0.25, 0.3) is 5.91 Å². The Morgan fingerprint density at radius 1 is 1.20 bits per heavy atom. The molecule has 1 aromatic heterocycles. The van der Waals surface area contributed by atoms with Crippen LogP contribution in [0, 0.1) is 0 Å². The Hall–Kier alpha value is -2.69. The molecule has 2 heterocycles. The summed E-state index contributed by atoms with van der Waals surface area (Å²) in [6.07, 6.45) is 1.75. The molecule has 1 saturated heterocycles. The van der Waals surface area contributed by atoms with Crippen molar-refractivity contribution in [3.05, 3.63) is 47.7 Å². The monoisotopic (exact) mass is 433 g/mol. The van der Waals surface area contributed by atoms with Gasteiger partial charge in [-0.15, -0.1) is 0 Å². The molecule has 1 aliphatic rings. The van der Waals surface area contributed by atoms with Crippen LogP contribution >= 0.6 is 0 Å². The van der Waals surface area contributed by atoms with Gasteiger partial charge >= 0.3 is 0 Å². The highest BCUT2D eigenvalue weighted by Gasteiger charge is 2.21. The largest absolute Gasteiger partial charge is 0.495 e. The maximum atomic E-state index is 12.7. The molecule has 0 radical (unpaired) electrons. The van der Waals surface area contributed by atoms with Gasteiger partial charge in [0.2, 0.25) is 10.0 Å². The standard InChI is InChI=1S/C20H27N5O4S/c1-21-30(27,28)18-13-15(6-7-17(18)29-3)20(26)23-14-16-5-4-8-22-19(16)25-11-9-24(2)10-12-25/h4-8,13,21H,9-12,14H2,1-3H3,(H,23,26). The number of sulfonamides is 1. The molecule has 1 fully saturated rings. The van der Waals surface area contributed by atoms with Crippen molar-refractivity contribution < 1.29 is 17.9 Å². The zero-order chi connectivity index (χ0) is 21.7. The molecule has 0 atom stereocenters. The number of anilines is 1. The molecule has 1 aromatic carbocycles. The average Bonchev–Trinajstić information content (AvgIpc) is 2.77. The lowest BCUT2D eigenvalue weighted by Gasteiger charge is -2.34. The summed E-state index contributed by atoms with van der Waals surface area (Å²) in [6.45, 7) is 3.94. The molecule has 0 unspecified atom stereocenters. The number of carbonyl (C=O) groups excluding carboxylic acids is 1. The van der Waals surface area contributed by atoms with E-state index in [1.165, 1.54) is 32.4 Å². The average molecular weight is 434 g/mol. The minimum Gasteiger partial charge on any atom is -0.495 e. The zero-order valence-corrected chi connectivity index (χ0v) is 18.2. The number of hydrogen-bond donors (Lipinski definition) is 2. The minimum atomic E-state index is -3.77. The van der Waals surface area contributed by atoms with Gasteiger partial charge in [0, 0.05) is 50.0 Å². The van der Waals surface area contributed by atoms with Gasteiger partial charge < -0.3 is 19.9 Å². The summed E-state index contributed by atoms with van der Waals surface area (Å²) in [5, 5.41) is 2.87. The first-order chi connectivity index (χ1) is 14.4. The fraction of sp³-hybridized carbons (Fsp3) is 0.400. The van der Waals surface area contributed by atoms with Crippen LogP contribution in [0.5, 0.6) is 5.75 Å². The summed E-state index contributed by atoms with van der Waals surface area (Å²) >= 11 is 0. The van der Waals surface area contributed by atoms with E-state index in [0.717, 1.165) is 37.6 Å². The van der Waals surface area contributed by atoms with Gasteiger partial charge in [-0.3, -0.25) is 4.79 Å². The molecule has 0 saturated carbocycles. The molecule has 1 amide bonds. The molecule has 0 aliphatic carbocycles. The van der Waals surface area contributed by atoms with E-state index in [9.17, 15) is 13.2 Å². The Morgan fingerprint density at radius 3 is 2.60 bits per heavy atom. The predicted octanol–water partition coefficient (Wildman–Crippen LogP) is 0.680. The van der Waals surface area contributed by atoms with E-state index < -0.39 is 10.0 Å². The number of piperazine rings is 1. The fourth-order valence-corrected chi connectivity index (χ4v) is 4.20. The highest BCUT2D eigenvalue weighted by molar-refractivity contribution is 7.89. The van der Waals surface area contributed by atoms with E-state index in [-0.39, 0.29) is 28.7 Å². The van der Waals surface area contributed by atoms with Gasteiger partial charge in [-0.1, -0.05) is 6.07 Å². The number of aromatic nitrogens is 1. The first kappa shape index (κ1) is 22.0. The van der Waals surface area contributed by atoms with E-state index in [4.69, 9.17) is 4.74 Å². The van der Waals surface area contributed by atoms with Crippen LogP contribution in [0.2, 0.25) is 0 Å². The number of pyridine rings is 1. The van der Waals surface area contributed by atoms with Crippen molar-refractivity contribution in [2.75, 3.05) is 52.3 Å².